The molecule has 0 saturated carbocycles. The van der Waals surface area contributed by atoms with Crippen LogP contribution in [0.5, 0.6) is 0 Å². The van der Waals surface area contributed by atoms with Gasteiger partial charge in [-0.05, 0) is 20.3 Å². The number of carbonyl (C=O) groups is 1. The molecule has 4 nitrogen and oxygen atoms in total. The number of hydrogen-bond donors (Lipinski definition) is 2. The van der Waals surface area contributed by atoms with Crippen molar-refractivity contribution in [3.05, 3.63) is 11.4 Å². The van der Waals surface area contributed by atoms with Crippen LogP contribution in [0.2, 0.25) is 0 Å². The van der Waals surface area contributed by atoms with Crippen molar-refractivity contribution in [2.75, 3.05) is 5.32 Å². The van der Waals surface area contributed by atoms with Crippen LogP contribution in [0.4, 0.5) is 5.69 Å². The number of amides is 1. The summed E-state index contributed by atoms with van der Waals surface area (Å²) in [5, 5.41) is 9.73. The summed E-state index contributed by atoms with van der Waals surface area (Å²) in [6.07, 6.45) is 0.849. The maximum atomic E-state index is 11.6. The Hall–Kier alpha value is -1.32. The van der Waals surface area contributed by atoms with Crippen LogP contribution in [0.15, 0.2) is 0 Å². The number of nitrogens with one attached hydrogen (secondary N) is 2. The lowest BCUT2D eigenvalue weighted by atomic mass is 10.1. The molecular formula is C10H17N3O. The third-order valence-electron chi connectivity index (χ3n) is 2.44. The van der Waals surface area contributed by atoms with Gasteiger partial charge in [0.2, 0.25) is 5.91 Å². The topological polar surface area (TPSA) is 57.8 Å². The van der Waals surface area contributed by atoms with Gasteiger partial charge in [0, 0.05) is 5.92 Å². The number of hydrogen-bond acceptors (Lipinski definition) is 2. The highest BCUT2D eigenvalue weighted by atomic mass is 16.1. The van der Waals surface area contributed by atoms with Gasteiger partial charge in [0.15, 0.2) is 0 Å². The highest BCUT2D eigenvalue weighted by molar-refractivity contribution is 5.93. The first kappa shape index (κ1) is 10.8. The number of aryl methyl sites for hydroxylation is 2. The molecule has 1 aromatic heterocycles. The van der Waals surface area contributed by atoms with Gasteiger partial charge in [-0.15, -0.1) is 0 Å². The first-order valence-corrected chi connectivity index (χ1v) is 4.88. The van der Waals surface area contributed by atoms with Crippen LogP contribution in [0.25, 0.3) is 0 Å². The molecule has 0 aliphatic heterocycles. The third kappa shape index (κ3) is 2.13. The second-order valence-electron chi connectivity index (χ2n) is 3.61. The van der Waals surface area contributed by atoms with Crippen molar-refractivity contribution in [2.45, 2.75) is 34.1 Å². The Morgan fingerprint density at radius 1 is 1.57 bits per heavy atom. The van der Waals surface area contributed by atoms with E-state index >= 15 is 0 Å². The fourth-order valence-corrected chi connectivity index (χ4v) is 1.17. The minimum Gasteiger partial charge on any atom is -0.323 e. The van der Waals surface area contributed by atoms with E-state index < -0.39 is 0 Å². The number of rotatable bonds is 3. The molecule has 2 N–H and O–H groups in total. The van der Waals surface area contributed by atoms with Crippen LogP contribution in [-0.2, 0) is 4.79 Å². The van der Waals surface area contributed by atoms with Gasteiger partial charge in [0.25, 0.3) is 0 Å². The monoisotopic (exact) mass is 195 g/mol. The van der Waals surface area contributed by atoms with Crippen molar-refractivity contribution in [1.82, 2.24) is 10.2 Å². The summed E-state index contributed by atoms with van der Waals surface area (Å²) >= 11 is 0. The molecule has 0 aromatic carbocycles. The zero-order valence-corrected chi connectivity index (χ0v) is 9.14. The lowest BCUT2D eigenvalue weighted by Crippen LogP contribution is -2.20. The van der Waals surface area contributed by atoms with Gasteiger partial charge in [-0.3, -0.25) is 9.89 Å². The van der Waals surface area contributed by atoms with E-state index in [1.165, 1.54) is 0 Å². The normalized spacial score (nSPS) is 12.6. The summed E-state index contributed by atoms with van der Waals surface area (Å²) in [7, 11) is 0. The molecule has 0 radical (unpaired) electrons. The van der Waals surface area contributed by atoms with Crippen molar-refractivity contribution in [3.63, 3.8) is 0 Å². The average Bonchev–Trinajstić information content (AvgIpc) is 2.48. The van der Waals surface area contributed by atoms with E-state index in [1.807, 2.05) is 27.7 Å². The molecule has 0 aliphatic carbocycles. The molecular weight excluding hydrogens is 178 g/mol. The standard InChI is InChI=1S/C10H17N3O/c1-5-6(2)10(14)11-9-7(3)12-13-8(9)4/h6H,5H2,1-4H3,(H,11,14)(H,12,13). The number of H-pyrrole nitrogens is 1. The molecule has 1 amide bonds. The number of nitrogens with zero attached hydrogens (tertiary/aromatic N) is 1. The van der Waals surface area contributed by atoms with Gasteiger partial charge in [0.1, 0.15) is 0 Å². The zero-order valence-electron chi connectivity index (χ0n) is 9.14. The second kappa shape index (κ2) is 4.26. The predicted octanol–water partition coefficient (Wildman–Crippen LogP) is 2.01. The molecule has 1 rings (SSSR count). The molecule has 1 atom stereocenters. The number of carbonyl (C=O) groups excluding carboxylic acids is 1. The number of anilines is 1. The fourth-order valence-electron chi connectivity index (χ4n) is 1.17. The third-order valence-corrected chi connectivity index (χ3v) is 2.44. The van der Waals surface area contributed by atoms with Crippen molar-refractivity contribution in [3.8, 4) is 0 Å². The Bertz CT molecular complexity index is 311. The average molecular weight is 195 g/mol. The van der Waals surface area contributed by atoms with Crippen LogP contribution < -0.4 is 5.32 Å². The Balaban J connectivity index is 2.74. The van der Waals surface area contributed by atoms with Crippen LogP contribution in [0.1, 0.15) is 31.7 Å². The summed E-state index contributed by atoms with van der Waals surface area (Å²) in [6, 6.07) is 0. The van der Waals surface area contributed by atoms with E-state index in [9.17, 15) is 4.79 Å². The van der Waals surface area contributed by atoms with Crippen molar-refractivity contribution >= 4 is 11.6 Å². The molecule has 0 aliphatic rings. The number of aromatic amines is 1. The fraction of sp³-hybridized carbons (Fsp3) is 0.600. The minimum atomic E-state index is 0.0451. The predicted molar refractivity (Wildman–Crippen MR) is 56.1 cm³/mol. The van der Waals surface area contributed by atoms with Gasteiger partial charge in [-0.25, -0.2) is 0 Å². The van der Waals surface area contributed by atoms with Gasteiger partial charge in [-0.1, -0.05) is 13.8 Å². The van der Waals surface area contributed by atoms with Gasteiger partial charge in [0.05, 0.1) is 17.1 Å². The van der Waals surface area contributed by atoms with Crippen molar-refractivity contribution in [2.24, 2.45) is 5.92 Å². The lowest BCUT2D eigenvalue weighted by molar-refractivity contribution is -0.119. The summed E-state index contributed by atoms with van der Waals surface area (Å²) in [6.45, 7) is 7.68. The highest BCUT2D eigenvalue weighted by Gasteiger charge is 2.14. The Morgan fingerprint density at radius 3 is 2.64 bits per heavy atom. The Morgan fingerprint density at radius 2 is 2.21 bits per heavy atom. The molecule has 1 unspecified atom stereocenters. The summed E-state index contributed by atoms with van der Waals surface area (Å²) in [4.78, 5) is 11.6. The van der Waals surface area contributed by atoms with Crippen LogP contribution in [0.3, 0.4) is 0 Å². The van der Waals surface area contributed by atoms with E-state index in [4.69, 9.17) is 0 Å². The van der Waals surface area contributed by atoms with Crippen LogP contribution in [0, 0.1) is 19.8 Å². The molecule has 14 heavy (non-hydrogen) atoms. The molecule has 0 spiro atoms. The molecule has 0 saturated heterocycles. The lowest BCUT2D eigenvalue weighted by Gasteiger charge is -2.09. The first-order valence-electron chi connectivity index (χ1n) is 4.88. The molecule has 1 aromatic rings. The van der Waals surface area contributed by atoms with Crippen molar-refractivity contribution < 1.29 is 4.79 Å². The van der Waals surface area contributed by atoms with Gasteiger partial charge < -0.3 is 5.32 Å². The van der Waals surface area contributed by atoms with Gasteiger partial charge in [-0.2, -0.15) is 5.10 Å². The SMILES string of the molecule is CCC(C)C(=O)Nc1c(C)n[nH]c1C. The van der Waals surface area contributed by atoms with Gasteiger partial charge >= 0.3 is 0 Å². The number of aromatic nitrogens is 2. The van der Waals surface area contributed by atoms with Crippen LogP contribution in [-0.4, -0.2) is 16.1 Å². The molecule has 78 valence electrons. The molecule has 4 heteroatoms. The van der Waals surface area contributed by atoms with E-state index in [-0.39, 0.29) is 11.8 Å². The van der Waals surface area contributed by atoms with E-state index in [0.717, 1.165) is 23.5 Å². The maximum Gasteiger partial charge on any atom is 0.227 e. The maximum absolute atomic E-state index is 11.6. The Kier molecular flexibility index (Phi) is 3.28. The van der Waals surface area contributed by atoms with E-state index in [0.29, 0.717) is 0 Å². The molecule has 1 heterocycles. The second-order valence-corrected chi connectivity index (χ2v) is 3.61. The van der Waals surface area contributed by atoms with E-state index in [2.05, 4.69) is 15.5 Å². The quantitative estimate of drug-likeness (QED) is 0.775. The molecule has 0 bridgehead atoms. The van der Waals surface area contributed by atoms with Crippen LogP contribution >= 0.6 is 0 Å². The summed E-state index contributed by atoms with van der Waals surface area (Å²) < 4.78 is 0. The Labute approximate surface area is 84.1 Å². The zero-order chi connectivity index (χ0) is 10.7. The van der Waals surface area contributed by atoms with E-state index in [1.54, 1.807) is 0 Å². The first-order chi connectivity index (χ1) is 6.56. The summed E-state index contributed by atoms with van der Waals surface area (Å²) in [5.74, 6) is 0.101. The largest absolute Gasteiger partial charge is 0.323 e. The molecule has 0 fully saturated rings. The van der Waals surface area contributed by atoms with Crippen molar-refractivity contribution in [1.29, 1.82) is 0 Å². The highest BCUT2D eigenvalue weighted by Crippen LogP contribution is 2.17. The smallest absolute Gasteiger partial charge is 0.227 e. The minimum absolute atomic E-state index is 0.0451. The summed E-state index contributed by atoms with van der Waals surface area (Å²) in [5.41, 5.74) is 2.55.